The molecule has 0 saturated carbocycles. The molecule has 5 heteroatoms. The maximum absolute atomic E-state index is 13.7. The van der Waals surface area contributed by atoms with Crippen molar-refractivity contribution in [3.05, 3.63) is 29.3 Å². The molecule has 0 saturated heterocycles. The predicted molar refractivity (Wildman–Crippen MR) is 67.2 cm³/mol. The molecule has 1 rings (SSSR count). The van der Waals surface area contributed by atoms with Crippen LogP contribution >= 0.6 is 0 Å². The fourth-order valence-corrected chi connectivity index (χ4v) is 2.67. The van der Waals surface area contributed by atoms with Gasteiger partial charge in [0.05, 0.1) is 10.9 Å². The molecule has 2 nitrogen and oxygen atoms in total. The van der Waals surface area contributed by atoms with Crippen LogP contribution < -0.4 is 4.72 Å². The van der Waals surface area contributed by atoms with Crippen LogP contribution in [-0.4, -0.2) is 9.46 Å². The average Bonchev–Trinajstić information content (AvgIpc) is 2.31. The zero-order chi connectivity index (χ0) is 13.0. The van der Waals surface area contributed by atoms with Gasteiger partial charge in [0.1, 0.15) is 16.8 Å². The highest BCUT2D eigenvalue weighted by Gasteiger charge is 2.16. The molecule has 0 amide bonds. The fraction of sp³-hybridized carbons (Fsp3) is 0.500. The lowest BCUT2D eigenvalue weighted by atomic mass is 10.2. The Morgan fingerprint density at radius 2 is 1.88 bits per heavy atom. The van der Waals surface area contributed by atoms with Gasteiger partial charge >= 0.3 is 0 Å². The van der Waals surface area contributed by atoms with Crippen LogP contribution in [0.15, 0.2) is 12.1 Å². The summed E-state index contributed by atoms with van der Waals surface area (Å²) in [6, 6.07) is 2.45. The van der Waals surface area contributed by atoms with Crippen molar-refractivity contribution in [2.24, 2.45) is 0 Å². The summed E-state index contributed by atoms with van der Waals surface area (Å²) in [6.07, 6.45) is 1.50. The van der Waals surface area contributed by atoms with Crippen molar-refractivity contribution in [2.45, 2.75) is 38.9 Å². The number of benzene rings is 1. The number of hydrogen-bond acceptors (Lipinski definition) is 1. The van der Waals surface area contributed by atoms with Crippen molar-refractivity contribution in [1.29, 1.82) is 0 Å². The SMILES string of the molecule is CCC(CC)S(=O)Nc1ccc(F)c(C)c1F. The van der Waals surface area contributed by atoms with Gasteiger partial charge in [0.25, 0.3) is 0 Å². The number of rotatable bonds is 5. The molecule has 0 aliphatic rings. The molecule has 0 aliphatic carbocycles. The van der Waals surface area contributed by atoms with Crippen LogP contribution in [0.4, 0.5) is 14.5 Å². The lowest BCUT2D eigenvalue weighted by molar-refractivity contribution is 0.571. The molecule has 0 bridgehead atoms. The molecule has 1 N–H and O–H groups in total. The molecule has 1 unspecified atom stereocenters. The first kappa shape index (κ1) is 14.1. The summed E-state index contributed by atoms with van der Waals surface area (Å²) >= 11 is 0. The van der Waals surface area contributed by atoms with E-state index in [0.717, 1.165) is 12.8 Å². The molecule has 0 radical (unpaired) electrons. The van der Waals surface area contributed by atoms with Crippen molar-refractivity contribution < 1.29 is 13.0 Å². The highest BCUT2D eigenvalue weighted by atomic mass is 32.2. The van der Waals surface area contributed by atoms with E-state index in [-0.39, 0.29) is 16.5 Å². The zero-order valence-electron chi connectivity index (χ0n) is 10.2. The first-order valence-electron chi connectivity index (χ1n) is 5.63. The Labute approximate surface area is 103 Å². The van der Waals surface area contributed by atoms with Gasteiger partial charge in [-0.1, -0.05) is 13.8 Å². The molecule has 17 heavy (non-hydrogen) atoms. The van der Waals surface area contributed by atoms with Crippen LogP contribution in [0.2, 0.25) is 0 Å². The average molecular weight is 261 g/mol. The van der Waals surface area contributed by atoms with E-state index < -0.39 is 22.6 Å². The number of hydrogen-bond donors (Lipinski definition) is 1. The summed E-state index contributed by atoms with van der Waals surface area (Å²) in [5.74, 6) is -1.27. The van der Waals surface area contributed by atoms with E-state index in [1.807, 2.05) is 13.8 Å². The van der Waals surface area contributed by atoms with E-state index in [1.165, 1.54) is 19.1 Å². The summed E-state index contributed by atoms with van der Waals surface area (Å²) in [6.45, 7) is 5.22. The monoisotopic (exact) mass is 261 g/mol. The molecule has 1 aromatic carbocycles. The third-order valence-corrected chi connectivity index (χ3v) is 4.44. The number of nitrogens with one attached hydrogen (secondary N) is 1. The summed E-state index contributed by atoms with van der Waals surface area (Å²) in [5, 5.41) is -0.0280. The smallest absolute Gasteiger partial charge is 0.153 e. The standard InChI is InChI=1S/C12H17F2NOS/c1-4-9(5-2)17(16)15-11-7-6-10(13)8(3)12(11)14/h6-7,9,15H,4-5H2,1-3H3. The lowest BCUT2D eigenvalue weighted by Crippen LogP contribution is -2.20. The Morgan fingerprint density at radius 1 is 1.29 bits per heavy atom. The Balaban J connectivity index is 2.89. The van der Waals surface area contributed by atoms with Crippen LogP contribution in [0.25, 0.3) is 0 Å². The van der Waals surface area contributed by atoms with E-state index in [1.54, 1.807) is 0 Å². The molecule has 0 heterocycles. The molecule has 0 aromatic heterocycles. The summed E-state index contributed by atoms with van der Waals surface area (Å²) in [4.78, 5) is 0. The molecule has 96 valence electrons. The fourth-order valence-electron chi connectivity index (χ4n) is 1.52. The molecule has 1 aromatic rings. The highest BCUT2D eigenvalue weighted by Crippen LogP contribution is 2.21. The number of anilines is 1. The van der Waals surface area contributed by atoms with Gasteiger partial charge in [-0.05, 0) is 31.9 Å². The minimum Gasteiger partial charge on any atom is -0.302 e. The first-order chi connectivity index (χ1) is 8.01. The molecule has 0 aliphatic heterocycles. The molecular formula is C12H17F2NOS. The van der Waals surface area contributed by atoms with Gasteiger partial charge < -0.3 is 4.72 Å². The summed E-state index contributed by atoms with van der Waals surface area (Å²) in [7, 11) is -1.35. The van der Waals surface area contributed by atoms with Crippen LogP contribution in [0, 0.1) is 18.6 Å². The second kappa shape index (κ2) is 6.10. The van der Waals surface area contributed by atoms with Crippen LogP contribution in [-0.2, 0) is 11.0 Å². The Hall–Kier alpha value is -0.970. The normalized spacial score (nSPS) is 12.8. The van der Waals surface area contributed by atoms with E-state index in [9.17, 15) is 13.0 Å². The largest absolute Gasteiger partial charge is 0.302 e. The third-order valence-electron chi connectivity index (χ3n) is 2.74. The van der Waals surface area contributed by atoms with Crippen LogP contribution in [0.5, 0.6) is 0 Å². The third kappa shape index (κ3) is 3.25. The van der Waals surface area contributed by atoms with Gasteiger partial charge in [-0.15, -0.1) is 0 Å². The molecule has 0 fully saturated rings. The van der Waals surface area contributed by atoms with Crippen LogP contribution in [0.3, 0.4) is 0 Å². The predicted octanol–water partition coefficient (Wildman–Crippen LogP) is 3.54. The first-order valence-corrected chi connectivity index (χ1v) is 6.84. The van der Waals surface area contributed by atoms with Gasteiger partial charge in [0, 0.05) is 5.56 Å². The van der Waals surface area contributed by atoms with Gasteiger partial charge in [-0.25, -0.2) is 13.0 Å². The van der Waals surface area contributed by atoms with Crippen molar-refractivity contribution >= 4 is 16.7 Å². The second-order valence-electron chi connectivity index (χ2n) is 3.87. The maximum atomic E-state index is 13.7. The minimum atomic E-state index is -1.35. The van der Waals surface area contributed by atoms with Crippen molar-refractivity contribution in [1.82, 2.24) is 0 Å². The van der Waals surface area contributed by atoms with Crippen molar-refractivity contribution in [3.8, 4) is 0 Å². The maximum Gasteiger partial charge on any atom is 0.153 e. The van der Waals surface area contributed by atoms with E-state index in [0.29, 0.717) is 0 Å². The second-order valence-corrected chi connectivity index (χ2v) is 5.34. The Kier molecular flexibility index (Phi) is 5.05. The summed E-state index contributed by atoms with van der Waals surface area (Å²) in [5.41, 5.74) is 0.0330. The molecule has 1 atom stereocenters. The van der Waals surface area contributed by atoms with E-state index in [2.05, 4.69) is 4.72 Å². The van der Waals surface area contributed by atoms with E-state index >= 15 is 0 Å². The zero-order valence-corrected chi connectivity index (χ0v) is 11.0. The van der Waals surface area contributed by atoms with E-state index in [4.69, 9.17) is 0 Å². The van der Waals surface area contributed by atoms with Gasteiger partial charge in [-0.2, -0.15) is 0 Å². The van der Waals surface area contributed by atoms with Crippen molar-refractivity contribution in [3.63, 3.8) is 0 Å². The quantitative estimate of drug-likeness (QED) is 0.863. The number of halogens is 2. The Morgan fingerprint density at radius 3 is 2.41 bits per heavy atom. The minimum absolute atomic E-state index is 0.0280. The van der Waals surface area contributed by atoms with Gasteiger partial charge in [0.15, 0.2) is 5.82 Å². The lowest BCUT2D eigenvalue weighted by Gasteiger charge is -2.15. The van der Waals surface area contributed by atoms with Gasteiger partial charge in [0.2, 0.25) is 0 Å². The topological polar surface area (TPSA) is 29.1 Å². The Bertz CT molecular complexity index is 419. The van der Waals surface area contributed by atoms with Crippen LogP contribution in [0.1, 0.15) is 32.3 Å². The molecule has 0 spiro atoms. The van der Waals surface area contributed by atoms with Gasteiger partial charge in [-0.3, -0.25) is 0 Å². The highest BCUT2D eigenvalue weighted by molar-refractivity contribution is 7.87. The molecular weight excluding hydrogens is 244 g/mol. The summed E-state index contributed by atoms with van der Waals surface area (Å²) < 4.78 is 41.2. The van der Waals surface area contributed by atoms with Crippen molar-refractivity contribution in [2.75, 3.05) is 4.72 Å².